The molecule has 3 aromatic rings. The smallest absolute Gasteiger partial charge is 0.224 e. The van der Waals surface area contributed by atoms with Gasteiger partial charge in [0.2, 0.25) is 5.91 Å². The molecule has 168 valence electrons. The van der Waals surface area contributed by atoms with Gasteiger partial charge in [-0.15, -0.1) is 0 Å². The third-order valence-electron chi connectivity index (χ3n) is 5.96. The van der Waals surface area contributed by atoms with Crippen LogP contribution in [0.15, 0.2) is 30.6 Å². The molecule has 1 aliphatic rings. The molecule has 1 N–H and O–H groups in total. The fraction of sp³-hybridized carbons (Fsp3) is 0.417. The summed E-state index contributed by atoms with van der Waals surface area (Å²) in [6.45, 7) is 8.04. The molecule has 3 heterocycles. The van der Waals surface area contributed by atoms with Gasteiger partial charge in [0.05, 0.1) is 18.5 Å². The van der Waals surface area contributed by atoms with Gasteiger partial charge in [-0.2, -0.15) is 5.10 Å². The standard InChI is InChI=1S/C24H30N6O2/c1-16-7-9-21(32-4)20(13-16)27-24(31)10-8-19-17(2)28-30(18(19)3)23-14-22(25-15-26-23)29-11-5-6-12-29/h7,9,13-15H,5-6,8,10-12H2,1-4H3,(H,27,31). The van der Waals surface area contributed by atoms with E-state index in [0.29, 0.717) is 24.3 Å². The molecule has 0 bridgehead atoms. The van der Waals surface area contributed by atoms with E-state index >= 15 is 0 Å². The second-order valence-corrected chi connectivity index (χ2v) is 8.24. The van der Waals surface area contributed by atoms with Gasteiger partial charge in [-0.25, -0.2) is 14.6 Å². The number of carbonyl (C=O) groups is 1. The molecule has 0 saturated carbocycles. The summed E-state index contributed by atoms with van der Waals surface area (Å²) < 4.78 is 7.21. The van der Waals surface area contributed by atoms with Gasteiger partial charge in [-0.1, -0.05) is 6.07 Å². The summed E-state index contributed by atoms with van der Waals surface area (Å²) in [5, 5.41) is 7.68. The zero-order chi connectivity index (χ0) is 22.7. The summed E-state index contributed by atoms with van der Waals surface area (Å²) in [4.78, 5) is 23.8. The minimum atomic E-state index is -0.0567. The summed E-state index contributed by atoms with van der Waals surface area (Å²) in [6, 6.07) is 7.73. The Kier molecular flexibility index (Phi) is 6.39. The van der Waals surface area contributed by atoms with Crippen molar-refractivity contribution in [1.29, 1.82) is 0 Å². The predicted octanol–water partition coefficient (Wildman–Crippen LogP) is 3.77. The number of carbonyl (C=O) groups excluding carboxylic acids is 1. The highest BCUT2D eigenvalue weighted by Gasteiger charge is 2.18. The minimum absolute atomic E-state index is 0.0567. The van der Waals surface area contributed by atoms with Crippen LogP contribution in [0.1, 0.15) is 41.8 Å². The van der Waals surface area contributed by atoms with Crippen molar-refractivity contribution in [2.45, 2.75) is 46.5 Å². The number of benzene rings is 1. The van der Waals surface area contributed by atoms with Crippen molar-refractivity contribution in [3.63, 3.8) is 0 Å². The Morgan fingerprint density at radius 1 is 1.09 bits per heavy atom. The van der Waals surface area contributed by atoms with Crippen molar-refractivity contribution < 1.29 is 9.53 Å². The number of hydrogen-bond donors (Lipinski definition) is 1. The van der Waals surface area contributed by atoms with Crippen molar-refractivity contribution in [2.24, 2.45) is 0 Å². The van der Waals surface area contributed by atoms with E-state index in [1.54, 1.807) is 13.4 Å². The van der Waals surface area contributed by atoms with Gasteiger partial charge in [0.1, 0.15) is 17.9 Å². The van der Waals surface area contributed by atoms with Crippen molar-refractivity contribution in [3.8, 4) is 11.6 Å². The third kappa shape index (κ3) is 4.59. The number of nitrogens with zero attached hydrogens (tertiary/aromatic N) is 5. The van der Waals surface area contributed by atoms with Crippen molar-refractivity contribution in [1.82, 2.24) is 19.7 Å². The highest BCUT2D eigenvalue weighted by Crippen LogP contribution is 2.26. The number of methoxy groups -OCH3 is 1. The monoisotopic (exact) mass is 434 g/mol. The first-order chi connectivity index (χ1) is 15.5. The third-order valence-corrected chi connectivity index (χ3v) is 5.96. The molecule has 1 amide bonds. The Morgan fingerprint density at radius 3 is 2.59 bits per heavy atom. The molecule has 0 aliphatic carbocycles. The molecule has 1 saturated heterocycles. The number of rotatable bonds is 7. The Labute approximate surface area is 188 Å². The number of ether oxygens (including phenoxy) is 1. The SMILES string of the molecule is COc1ccc(C)cc1NC(=O)CCc1c(C)nn(-c2cc(N3CCCC3)ncn2)c1C. The Bertz CT molecular complexity index is 1120. The molecule has 0 spiro atoms. The number of aromatic nitrogens is 4. The molecule has 0 radical (unpaired) electrons. The van der Waals surface area contributed by atoms with E-state index in [9.17, 15) is 4.79 Å². The van der Waals surface area contributed by atoms with Crippen LogP contribution in [0.5, 0.6) is 5.75 Å². The molecule has 1 fully saturated rings. The molecule has 1 aliphatic heterocycles. The van der Waals surface area contributed by atoms with Gasteiger partial charge in [0.25, 0.3) is 0 Å². The van der Waals surface area contributed by atoms with E-state index in [1.807, 2.05) is 49.7 Å². The first-order valence-electron chi connectivity index (χ1n) is 11.0. The van der Waals surface area contributed by atoms with Crippen LogP contribution in [-0.4, -0.2) is 45.9 Å². The largest absolute Gasteiger partial charge is 0.495 e. The number of aryl methyl sites for hydroxylation is 2. The van der Waals surface area contributed by atoms with Crippen LogP contribution in [0.3, 0.4) is 0 Å². The average Bonchev–Trinajstić information content (AvgIpc) is 3.41. The molecule has 0 unspecified atom stereocenters. The van der Waals surface area contributed by atoms with Crippen molar-refractivity contribution in [3.05, 3.63) is 53.1 Å². The van der Waals surface area contributed by atoms with Crippen LogP contribution in [0.25, 0.3) is 5.82 Å². The topological polar surface area (TPSA) is 85.2 Å². The maximum Gasteiger partial charge on any atom is 0.224 e. The van der Waals surface area contributed by atoms with Crippen molar-refractivity contribution in [2.75, 3.05) is 30.4 Å². The number of amides is 1. The summed E-state index contributed by atoms with van der Waals surface area (Å²) in [5.74, 6) is 2.29. The van der Waals surface area contributed by atoms with Crippen LogP contribution in [0, 0.1) is 20.8 Å². The summed E-state index contributed by atoms with van der Waals surface area (Å²) in [7, 11) is 1.60. The Hall–Kier alpha value is -3.42. The second kappa shape index (κ2) is 9.38. The molecular weight excluding hydrogens is 404 g/mol. The predicted molar refractivity (Wildman–Crippen MR) is 125 cm³/mol. The summed E-state index contributed by atoms with van der Waals surface area (Å²) >= 11 is 0. The zero-order valence-corrected chi connectivity index (χ0v) is 19.2. The van der Waals surface area contributed by atoms with Gasteiger partial charge in [-0.3, -0.25) is 4.79 Å². The van der Waals surface area contributed by atoms with Crippen molar-refractivity contribution >= 4 is 17.4 Å². The van der Waals surface area contributed by atoms with Crippen LogP contribution in [0.4, 0.5) is 11.5 Å². The fourth-order valence-electron chi connectivity index (χ4n) is 4.20. The average molecular weight is 435 g/mol. The van der Waals surface area contributed by atoms with Crippen LogP contribution in [-0.2, 0) is 11.2 Å². The maximum atomic E-state index is 12.6. The van der Waals surface area contributed by atoms with E-state index in [0.717, 1.165) is 47.2 Å². The fourth-order valence-corrected chi connectivity index (χ4v) is 4.20. The number of anilines is 2. The molecule has 4 rings (SSSR count). The van der Waals surface area contributed by atoms with Gasteiger partial charge in [0.15, 0.2) is 5.82 Å². The quantitative estimate of drug-likeness (QED) is 0.609. The van der Waals surface area contributed by atoms with E-state index in [-0.39, 0.29) is 5.91 Å². The van der Waals surface area contributed by atoms with E-state index in [1.165, 1.54) is 12.8 Å². The summed E-state index contributed by atoms with van der Waals surface area (Å²) in [5.41, 5.74) is 4.72. The van der Waals surface area contributed by atoms with Crippen LogP contribution >= 0.6 is 0 Å². The normalized spacial score (nSPS) is 13.4. The Balaban J connectivity index is 1.47. The molecule has 0 atom stereocenters. The molecule has 1 aromatic carbocycles. The van der Waals surface area contributed by atoms with Gasteiger partial charge in [0, 0.05) is 31.3 Å². The molecule has 8 heteroatoms. The van der Waals surface area contributed by atoms with E-state index < -0.39 is 0 Å². The Morgan fingerprint density at radius 2 is 1.84 bits per heavy atom. The molecular formula is C24H30N6O2. The second-order valence-electron chi connectivity index (χ2n) is 8.24. The van der Waals surface area contributed by atoms with E-state index in [4.69, 9.17) is 9.84 Å². The van der Waals surface area contributed by atoms with Gasteiger partial charge < -0.3 is 15.0 Å². The lowest BCUT2D eigenvalue weighted by atomic mass is 10.1. The minimum Gasteiger partial charge on any atom is -0.495 e. The van der Waals surface area contributed by atoms with Crippen LogP contribution < -0.4 is 15.0 Å². The number of nitrogens with one attached hydrogen (secondary N) is 1. The molecule has 8 nitrogen and oxygen atoms in total. The highest BCUT2D eigenvalue weighted by atomic mass is 16.5. The lowest BCUT2D eigenvalue weighted by Crippen LogP contribution is -2.19. The zero-order valence-electron chi connectivity index (χ0n) is 19.2. The lowest BCUT2D eigenvalue weighted by Gasteiger charge is -2.16. The highest BCUT2D eigenvalue weighted by molar-refractivity contribution is 5.92. The lowest BCUT2D eigenvalue weighted by molar-refractivity contribution is -0.116. The first kappa shape index (κ1) is 21.8. The number of hydrogen-bond acceptors (Lipinski definition) is 6. The maximum absolute atomic E-state index is 12.6. The molecule has 2 aromatic heterocycles. The first-order valence-corrected chi connectivity index (χ1v) is 11.0. The van der Waals surface area contributed by atoms with Gasteiger partial charge in [-0.05, 0) is 63.3 Å². The molecule has 32 heavy (non-hydrogen) atoms. The summed E-state index contributed by atoms with van der Waals surface area (Å²) in [6.07, 6.45) is 4.94. The van der Waals surface area contributed by atoms with E-state index in [2.05, 4.69) is 20.2 Å². The van der Waals surface area contributed by atoms with Gasteiger partial charge >= 0.3 is 0 Å². The van der Waals surface area contributed by atoms with Crippen LogP contribution in [0.2, 0.25) is 0 Å².